The van der Waals surface area contributed by atoms with E-state index in [9.17, 15) is 0 Å². The third-order valence-corrected chi connectivity index (χ3v) is 5.22. The van der Waals surface area contributed by atoms with Crippen LogP contribution >= 0.6 is 15.9 Å². The van der Waals surface area contributed by atoms with Crippen molar-refractivity contribution < 1.29 is 18.6 Å². The standard InChI is InChI=1S/C22H15BrN2O4/c1-26-16-4-2-3-13(7-16)22-25-18-9-15(5-6-19(18)29-22)24-11-14-8-20-21(10-17(14)23)28-12-27-20/h2-11H,12H2,1H3. The number of halogens is 1. The quantitative estimate of drug-likeness (QED) is 0.370. The molecular weight excluding hydrogens is 436 g/mol. The molecule has 3 aromatic carbocycles. The largest absolute Gasteiger partial charge is 0.497 e. The lowest BCUT2D eigenvalue weighted by Crippen LogP contribution is -1.92. The molecule has 2 heterocycles. The lowest BCUT2D eigenvalue weighted by molar-refractivity contribution is 0.174. The van der Waals surface area contributed by atoms with Gasteiger partial charge in [-0.1, -0.05) is 6.07 Å². The molecule has 0 aliphatic carbocycles. The maximum absolute atomic E-state index is 5.88. The van der Waals surface area contributed by atoms with E-state index in [1.807, 2.05) is 54.6 Å². The summed E-state index contributed by atoms with van der Waals surface area (Å²) < 4.78 is 22.8. The Morgan fingerprint density at radius 2 is 1.93 bits per heavy atom. The predicted octanol–water partition coefficient (Wildman–Crippen LogP) is 5.75. The summed E-state index contributed by atoms with van der Waals surface area (Å²) in [5.74, 6) is 2.73. The summed E-state index contributed by atoms with van der Waals surface area (Å²) in [5.41, 5.74) is 3.96. The first-order valence-corrected chi connectivity index (χ1v) is 9.67. The number of hydrogen-bond donors (Lipinski definition) is 0. The third kappa shape index (κ3) is 3.45. The lowest BCUT2D eigenvalue weighted by atomic mass is 10.2. The number of rotatable bonds is 4. The second-order valence-electron chi connectivity index (χ2n) is 6.39. The van der Waals surface area contributed by atoms with Crippen molar-refractivity contribution in [2.45, 2.75) is 0 Å². The maximum atomic E-state index is 5.88. The minimum Gasteiger partial charge on any atom is -0.497 e. The first-order valence-electron chi connectivity index (χ1n) is 8.88. The molecule has 0 saturated carbocycles. The highest BCUT2D eigenvalue weighted by Crippen LogP contribution is 2.36. The van der Waals surface area contributed by atoms with Crippen LogP contribution in [0.15, 0.2) is 68.5 Å². The van der Waals surface area contributed by atoms with E-state index in [1.165, 1.54) is 0 Å². The van der Waals surface area contributed by atoms with Crippen molar-refractivity contribution in [1.82, 2.24) is 4.98 Å². The van der Waals surface area contributed by atoms with Crippen molar-refractivity contribution in [3.05, 3.63) is 64.6 Å². The number of hydrogen-bond acceptors (Lipinski definition) is 6. The van der Waals surface area contributed by atoms with Crippen molar-refractivity contribution in [3.8, 4) is 28.7 Å². The van der Waals surface area contributed by atoms with Crippen LogP contribution in [0.3, 0.4) is 0 Å². The molecule has 0 radical (unpaired) electrons. The van der Waals surface area contributed by atoms with Crippen molar-refractivity contribution in [2.75, 3.05) is 13.9 Å². The summed E-state index contributed by atoms with van der Waals surface area (Å²) in [6.07, 6.45) is 1.77. The summed E-state index contributed by atoms with van der Waals surface area (Å²) in [7, 11) is 1.63. The summed E-state index contributed by atoms with van der Waals surface area (Å²) in [4.78, 5) is 9.17. The fourth-order valence-electron chi connectivity index (χ4n) is 3.05. The van der Waals surface area contributed by atoms with E-state index in [2.05, 4.69) is 25.9 Å². The molecule has 0 saturated heterocycles. The Labute approximate surface area is 174 Å². The van der Waals surface area contributed by atoms with E-state index in [0.717, 1.165) is 38.3 Å². The number of fused-ring (bicyclic) bond motifs is 2. The highest BCUT2D eigenvalue weighted by molar-refractivity contribution is 9.10. The SMILES string of the molecule is COc1cccc(-c2nc3cc(N=Cc4cc5c(cc4Br)OCO5)ccc3o2)c1. The average molecular weight is 451 g/mol. The molecule has 144 valence electrons. The first kappa shape index (κ1) is 17.8. The average Bonchev–Trinajstić information content (AvgIpc) is 3.38. The van der Waals surface area contributed by atoms with Crippen LogP contribution in [0.1, 0.15) is 5.56 Å². The normalized spacial score (nSPS) is 12.8. The molecule has 1 aromatic heterocycles. The van der Waals surface area contributed by atoms with E-state index in [0.29, 0.717) is 17.2 Å². The molecule has 0 fully saturated rings. The zero-order valence-electron chi connectivity index (χ0n) is 15.4. The van der Waals surface area contributed by atoms with Crippen LogP contribution in [-0.4, -0.2) is 25.1 Å². The minimum absolute atomic E-state index is 0.237. The summed E-state index contributed by atoms with van der Waals surface area (Å²) in [5, 5.41) is 0. The van der Waals surface area contributed by atoms with Gasteiger partial charge in [-0.2, -0.15) is 0 Å². The first-order chi connectivity index (χ1) is 14.2. The number of aliphatic imine (C=N–C) groups is 1. The molecule has 1 aliphatic rings. The summed E-state index contributed by atoms with van der Waals surface area (Å²) in [6.45, 7) is 0.237. The zero-order chi connectivity index (χ0) is 19.8. The van der Waals surface area contributed by atoms with Crippen LogP contribution in [0.4, 0.5) is 5.69 Å². The van der Waals surface area contributed by atoms with Gasteiger partial charge in [-0.05, 0) is 64.5 Å². The van der Waals surface area contributed by atoms with Crippen LogP contribution in [0.5, 0.6) is 17.2 Å². The Balaban J connectivity index is 1.45. The molecule has 6 nitrogen and oxygen atoms in total. The van der Waals surface area contributed by atoms with Gasteiger partial charge >= 0.3 is 0 Å². The second-order valence-corrected chi connectivity index (χ2v) is 7.24. The molecule has 7 heteroatoms. The van der Waals surface area contributed by atoms with E-state index in [4.69, 9.17) is 18.6 Å². The molecule has 0 N–H and O–H groups in total. The second kappa shape index (κ2) is 7.25. The number of aromatic nitrogens is 1. The Morgan fingerprint density at radius 3 is 2.79 bits per heavy atom. The Kier molecular flexibility index (Phi) is 4.44. The molecule has 29 heavy (non-hydrogen) atoms. The lowest BCUT2D eigenvalue weighted by Gasteiger charge is -2.01. The van der Waals surface area contributed by atoms with Gasteiger partial charge in [0.1, 0.15) is 11.3 Å². The molecule has 0 atom stereocenters. The third-order valence-electron chi connectivity index (χ3n) is 4.53. The van der Waals surface area contributed by atoms with Crippen LogP contribution in [0.25, 0.3) is 22.6 Å². The molecule has 0 amide bonds. The Hall–Kier alpha value is -3.32. The van der Waals surface area contributed by atoms with E-state index in [-0.39, 0.29) is 6.79 Å². The van der Waals surface area contributed by atoms with Gasteiger partial charge in [-0.25, -0.2) is 4.98 Å². The van der Waals surface area contributed by atoms with E-state index < -0.39 is 0 Å². The molecule has 4 aromatic rings. The van der Waals surface area contributed by atoms with Gasteiger partial charge in [-0.15, -0.1) is 0 Å². The van der Waals surface area contributed by atoms with Gasteiger partial charge in [0.2, 0.25) is 12.7 Å². The predicted molar refractivity (Wildman–Crippen MR) is 114 cm³/mol. The summed E-state index contributed by atoms with van der Waals surface area (Å²) >= 11 is 3.54. The van der Waals surface area contributed by atoms with Crippen LogP contribution < -0.4 is 14.2 Å². The van der Waals surface area contributed by atoms with Crippen molar-refractivity contribution in [2.24, 2.45) is 4.99 Å². The summed E-state index contributed by atoms with van der Waals surface area (Å²) in [6, 6.07) is 17.0. The van der Waals surface area contributed by atoms with Gasteiger partial charge in [0.15, 0.2) is 17.1 Å². The van der Waals surface area contributed by atoms with Crippen LogP contribution in [0, 0.1) is 0 Å². The zero-order valence-corrected chi connectivity index (χ0v) is 17.0. The van der Waals surface area contributed by atoms with Crippen LogP contribution in [0.2, 0.25) is 0 Å². The van der Waals surface area contributed by atoms with Gasteiger partial charge in [0.05, 0.1) is 12.8 Å². The van der Waals surface area contributed by atoms with Gasteiger partial charge < -0.3 is 18.6 Å². The van der Waals surface area contributed by atoms with E-state index >= 15 is 0 Å². The minimum atomic E-state index is 0.237. The molecule has 5 rings (SSSR count). The highest BCUT2D eigenvalue weighted by atomic mass is 79.9. The molecule has 1 aliphatic heterocycles. The van der Waals surface area contributed by atoms with Gasteiger partial charge in [-0.3, -0.25) is 4.99 Å². The number of ether oxygens (including phenoxy) is 3. The fourth-order valence-corrected chi connectivity index (χ4v) is 3.48. The smallest absolute Gasteiger partial charge is 0.231 e. The molecular formula is C22H15BrN2O4. The number of benzene rings is 3. The molecule has 0 spiro atoms. The van der Waals surface area contributed by atoms with Crippen LogP contribution in [-0.2, 0) is 0 Å². The van der Waals surface area contributed by atoms with Crippen molar-refractivity contribution in [3.63, 3.8) is 0 Å². The number of nitrogens with zero attached hydrogens (tertiary/aromatic N) is 2. The highest BCUT2D eigenvalue weighted by Gasteiger charge is 2.15. The molecule has 0 unspecified atom stereocenters. The number of oxazole rings is 1. The Morgan fingerprint density at radius 1 is 1.07 bits per heavy atom. The number of methoxy groups -OCH3 is 1. The van der Waals surface area contributed by atoms with E-state index in [1.54, 1.807) is 13.3 Å². The van der Waals surface area contributed by atoms with Crippen molar-refractivity contribution >= 4 is 38.9 Å². The Bertz CT molecular complexity index is 1250. The van der Waals surface area contributed by atoms with Gasteiger partial charge in [0, 0.05) is 21.8 Å². The van der Waals surface area contributed by atoms with Crippen molar-refractivity contribution in [1.29, 1.82) is 0 Å². The topological polar surface area (TPSA) is 66.1 Å². The monoisotopic (exact) mass is 450 g/mol. The molecule has 0 bridgehead atoms. The van der Waals surface area contributed by atoms with Gasteiger partial charge in [0.25, 0.3) is 0 Å². The maximum Gasteiger partial charge on any atom is 0.231 e. The fraction of sp³-hybridized carbons (Fsp3) is 0.0909.